The molecule has 5 heteroatoms. The first-order chi connectivity index (χ1) is 9.79. The van der Waals surface area contributed by atoms with Gasteiger partial charge in [-0.2, -0.15) is 5.10 Å². The lowest BCUT2D eigenvalue weighted by Gasteiger charge is -2.19. The van der Waals surface area contributed by atoms with Crippen LogP contribution >= 0.6 is 15.9 Å². The van der Waals surface area contributed by atoms with E-state index in [1.165, 1.54) is 16.8 Å². The summed E-state index contributed by atoms with van der Waals surface area (Å²) in [6.07, 6.45) is 11.2. The van der Waals surface area contributed by atoms with Gasteiger partial charge in [0.2, 0.25) is 0 Å². The molecule has 2 heterocycles. The van der Waals surface area contributed by atoms with E-state index in [1.807, 2.05) is 6.21 Å². The van der Waals surface area contributed by atoms with Gasteiger partial charge < -0.3 is 10.4 Å². The summed E-state index contributed by atoms with van der Waals surface area (Å²) in [4.78, 5) is 4.65. The van der Waals surface area contributed by atoms with Crippen molar-refractivity contribution in [2.45, 2.75) is 19.3 Å². The van der Waals surface area contributed by atoms with Gasteiger partial charge in [-0.3, -0.25) is 4.99 Å². The van der Waals surface area contributed by atoms with E-state index in [4.69, 9.17) is 5.84 Å². The van der Waals surface area contributed by atoms with Crippen molar-refractivity contribution in [3.63, 3.8) is 0 Å². The monoisotopic (exact) mass is 328 g/mol. The van der Waals surface area contributed by atoms with E-state index < -0.39 is 0 Å². The molecule has 20 heavy (non-hydrogen) atoms. The first kappa shape index (κ1) is 11.9. The van der Waals surface area contributed by atoms with E-state index in [0.717, 1.165) is 34.4 Å². The van der Waals surface area contributed by atoms with Gasteiger partial charge in [0.15, 0.2) is 0 Å². The van der Waals surface area contributed by atoms with Crippen molar-refractivity contribution in [2.75, 3.05) is 0 Å². The highest BCUT2D eigenvalue weighted by atomic mass is 79.9. The average molecular weight is 329 g/mol. The Morgan fingerprint density at radius 3 is 3.10 bits per heavy atom. The molecular formula is C15H13BrN4. The Kier molecular flexibility index (Phi) is 2.57. The summed E-state index contributed by atoms with van der Waals surface area (Å²) in [5.41, 5.74) is 6.51. The number of nitrogens with two attached hydrogens (primary N) is 1. The molecule has 0 radical (unpaired) electrons. The van der Waals surface area contributed by atoms with Crippen molar-refractivity contribution in [1.29, 1.82) is 0 Å². The summed E-state index contributed by atoms with van der Waals surface area (Å²) >= 11 is 3.65. The third kappa shape index (κ3) is 1.53. The number of aliphatic imine (C=N–C) groups is 1. The fraction of sp³-hybridized carbons (Fsp3) is 0.200. The normalized spacial score (nSPS) is 22.1. The van der Waals surface area contributed by atoms with Gasteiger partial charge in [0.05, 0.1) is 17.1 Å². The quantitative estimate of drug-likeness (QED) is 0.577. The first-order valence-electron chi connectivity index (χ1n) is 6.62. The number of halogens is 1. The van der Waals surface area contributed by atoms with Gasteiger partial charge in [-0.25, -0.2) is 0 Å². The van der Waals surface area contributed by atoms with Gasteiger partial charge in [0, 0.05) is 28.9 Å². The highest BCUT2D eigenvalue weighted by molar-refractivity contribution is 9.12. The number of nitrogens with zero attached hydrogens (tertiary/aromatic N) is 3. The first-order valence-corrected chi connectivity index (χ1v) is 7.41. The van der Waals surface area contributed by atoms with Gasteiger partial charge in [-0.15, -0.1) is 0 Å². The largest absolute Gasteiger partial charge is 0.323 e. The van der Waals surface area contributed by atoms with Crippen LogP contribution in [0.3, 0.4) is 0 Å². The summed E-state index contributed by atoms with van der Waals surface area (Å²) in [5.74, 6) is 5.52. The topological polar surface area (TPSA) is 55.7 Å². The Hall–Kier alpha value is -1.88. The van der Waals surface area contributed by atoms with Crippen LogP contribution in [0.5, 0.6) is 0 Å². The number of aryl methyl sites for hydroxylation is 1. The zero-order valence-electron chi connectivity index (χ0n) is 10.8. The Morgan fingerprint density at radius 1 is 1.35 bits per heavy atom. The van der Waals surface area contributed by atoms with Crippen LogP contribution < -0.4 is 5.84 Å². The second kappa shape index (κ2) is 4.31. The van der Waals surface area contributed by atoms with Crippen molar-refractivity contribution in [3.8, 4) is 0 Å². The molecule has 4 nitrogen and oxygen atoms in total. The molecule has 0 spiro atoms. The Labute approximate surface area is 125 Å². The number of hydrogen-bond acceptors (Lipinski definition) is 3. The molecule has 0 amide bonds. The van der Waals surface area contributed by atoms with Crippen LogP contribution in [0.25, 0.3) is 11.3 Å². The molecule has 0 saturated carbocycles. The number of aromatic nitrogens is 1. The second-order valence-corrected chi connectivity index (χ2v) is 5.90. The minimum atomic E-state index is 0.704. The molecule has 1 aromatic heterocycles. The predicted molar refractivity (Wildman–Crippen MR) is 85.7 cm³/mol. The molecule has 2 aliphatic carbocycles. The zero-order valence-corrected chi connectivity index (χ0v) is 12.4. The highest BCUT2D eigenvalue weighted by Crippen LogP contribution is 2.39. The number of hydrogen-bond donors (Lipinski definition) is 1. The minimum absolute atomic E-state index is 0.704. The molecule has 0 aromatic carbocycles. The lowest BCUT2D eigenvalue weighted by Crippen LogP contribution is -2.13. The maximum absolute atomic E-state index is 5.52. The van der Waals surface area contributed by atoms with Crippen LogP contribution in [0.4, 0.5) is 0 Å². The van der Waals surface area contributed by atoms with Crippen molar-refractivity contribution >= 4 is 39.1 Å². The number of rotatable bonds is 0. The van der Waals surface area contributed by atoms with E-state index in [2.05, 4.69) is 55.0 Å². The van der Waals surface area contributed by atoms with Gasteiger partial charge in [0.25, 0.3) is 0 Å². The average Bonchev–Trinajstić information content (AvgIpc) is 2.81. The summed E-state index contributed by atoms with van der Waals surface area (Å²) in [5, 5.41) is 3.90. The molecule has 0 fully saturated rings. The van der Waals surface area contributed by atoms with Crippen LogP contribution in [0.15, 0.2) is 44.7 Å². The third-order valence-corrected chi connectivity index (χ3v) is 4.65. The molecule has 3 aliphatic rings. The highest BCUT2D eigenvalue weighted by Gasteiger charge is 2.27. The predicted octanol–water partition coefficient (Wildman–Crippen LogP) is 3.07. The Bertz CT molecular complexity index is 759. The van der Waals surface area contributed by atoms with E-state index in [0.29, 0.717) is 6.42 Å². The van der Waals surface area contributed by atoms with Gasteiger partial charge in [-0.1, -0.05) is 12.2 Å². The molecule has 100 valence electrons. The number of hydrazone groups is 1. The Balaban J connectivity index is 2.06. The standard InChI is InChI=1S/C15H13BrN4/c16-11-4-5-12(19-17)13-15(11)20-7-6-9-2-1-3-10(8-18-13)14(9)20/h3-4,6-8H,1-2,5,17H2. The van der Waals surface area contributed by atoms with Crippen molar-refractivity contribution in [1.82, 2.24) is 4.57 Å². The molecule has 0 saturated heterocycles. The SMILES string of the molecule is NN=C1CC=C(Br)C2=C1N=CC1=CCCc3ccn2c31. The molecule has 1 aliphatic heterocycles. The van der Waals surface area contributed by atoms with E-state index in [-0.39, 0.29) is 0 Å². The Morgan fingerprint density at radius 2 is 2.25 bits per heavy atom. The minimum Gasteiger partial charge on any atom is -0.323 e. The summed E-state index contributed by atoms with van der Waals surface area (Å²) < 4.78 is 3.25. The fourth-order valence-electron chi connectivity index (χ4n) is 3.02. The van der Waals surface area contributed by atoms with E-state index in [1.54, 1.807) is 0 Å². The van der Waals surface area contributed by atoms with Crippen LogP contribution in [0, 0.1) is 0 Å². The molecule has 4 rings (SSSR count). The van der Waals surface area contributed by atoms with Crippen LogP contribution in [0.2, 0.25) is 0 Å². The molecule has 0 bridgehead atoms. The van der Waals surface area contributed by atoms with Crippen LogP contribution in [0.1, 0.15) is 24.1 Å². The molecule has 0 unspecified atom stereocenters. The van der Waals surface area contributed by atoms with Crippen molar-refractivity contribution < 1.29 is 0 Å². The van der Waals surface area contributed by atoms with Crippen molar-refractivity contribution in [3.05, 3.63) is 45.9 Å². The molecule has 2 N–H and O–H groups in total. The van der Waals surface area contributed by atoms with Crippen LogP contribution in [-0.2, 0) is 6.42 Å². The number of fused-ring (bicyclic) bond motifs is 1. The molecule has 1 aromatic rings. The summed E-state index contributed by atoms with van der Waals surface area (Å²) in [7, 11) is 0. The van der Waals surface area contributed by atoms with Gasteiger partial charge >= 0.3 is 0 Å². The maximum Gasteiger partial charge on any atom is 0.112 e. The van der Waals surface area contributed by atoms with Crippen LogP contribution in [-0.4, -0.2) is 16.5 Å². The summed E-state index contributed by atoms with van der Waals surface area (Å²) in [6, 6.07) is 2.19. The fourth-order valence-corrected chi connectivity index (χ4v) is 3.56. The van der Waals surface area contributed by atoms with Gasteiger partial charge in [-0.05, 0) is 40.4 Å². The lowest BCUT2D eigenvalue weighted by molar-refractivity contribution is 0.960. The van der Waals surface area contributed by atoms with Gasteiger partial charge in [0.1, 0.15) is 5.70 Å². The maximum atomic E-state index is 5.52. The number of allylic oxidation sites excluding steroid dienone is 6. The second-order valence-electron chi connectivity index (χ2n) is 5.05. The summed E-state index contributed by atoms with van der Waals surface area (Å²) in [6.45, 7) is 0. The van der Waals surface area contributed by atoms with E-state index in [9.17, 15) is 0 Å². The smallest absolute Gasteiger partial charge is 0.112 e. The molecule has 0 atom stereocenters. The zero-order chi connectivity index (χ0) is 13.7. The van der Waals surface area contributed by atoms with E-state index >= 15 is 0 Å². The lowest BCUT2D eigenvalue weighted by atomic mass is 9.98. The third-order valence-electron chi connectivity index (χ3n) is 3.95. The van der Waals surface area contributed by atoms with Crippen molar-refractivity contribution in [2.24, 2.45) is 15.9 Å². The molecular weight excluding hydrogens is 316 g/mol.